The first-order valence-electron chi connectivity index (χ1n) is 7.27. The molecule has 1 N–H and O–H groups in total. The molecule has 2 rings (SSSR count). The number of nitrogens with one attached hydrogen (secondary N) is 1. The van der Waals surface area contributed by atoms with E-state index in [1.54, 1.807) is 32.4 Å². The summed E-state index contributed by atoms with van der Waals surface area (Å²) in [5.74, 6) is 0.0606. The normalized spacial score (nSPS) is 14.1. The minimum absolute atomic E-state index is 0.133. The second-order valence-corrected chi connectivity index (χ2v) is 5.39. The van der Waals surface area contributed by atoms with Gasteiger partial charge < -0.3 is 15.1 Å². The molecule has 1 saturated heterocycles. The van der Waals surface area contributed by atoms with E-state index in [1.807, 2.05) is 4.90 Å². The summed E-state index contributed by atoms with van der Waals surface area (Å²) in [7, 11) is 3.39. The molecule has 0 spiro atoms. The van der Waals surface area contributed by atoms with Gasteiger partial charge in [-0.3, -0.25) is 14.6 Å². The molecule has 2 amide bonds. The topological polar surface area (TPSA) is 65.5 Å². The van der Waals surface area contributed by atoms with E-state index in [9.17, 15) is 9.59 Å². The fourth-order valence-electron chi connectivity index (χ4n) is 2.32. The molecule has 1 aromatic heterocycles. The first-order chi connectivity index (χ1) is 10.1. The van der Waals surface area contributed by atoms with Crippen LogP contribution < -0.4 is 5.32 Å². The molecule has 0 saturated carbocycles. The van der Waals surface area contributed by atoms with Crippen LogP contribution in [0.15, 0.2) is 18.3 Å². The van der Waals surface area contributed by atoms with Gasteiger partial charge in [-0.1, -0.05) is 0 Å². The summed E-state index contributed by atoms with van der Waals surface area (Å²) in [6.07, 6.45) is 4.29. The van der Waals surface area contributed by atoms with E-state index in [0.717, 1.165) is 31.6 Å². The Morgan fingerprint density at radius 1 is 1.33 bits per heavy atom. The fourth-order valence-corrected chi connectivity index (χ4v) is 2.32. The SMILES string of the molecule is CN(C)C(=O)c1cc(NCCC(=O)N2CCCC2)ccn1. The molecule has 0 bridgehead atoms. The van der Waals surface area contributed by atoms with Gasteiger partial charge in [0.1, 0.15) is 5.69 Å². The second kappa shape index (κ2) is 7.06. The summed E-state index contributed by atoms with van der Waals surface area (Å²) >= 11 is 0. The average Bonchev–Trinajstić information content (AvgIpc) is 3.01. The molecule has 114 valence electrons. The van der Waals surface area contributed by atoms with E-state index in [-0.39, 0.29) is 11.8 Å². The maximum absolute atomic E-state index is 11.9. The lowest BCUT2D eigenvalue weighted by atomic mass is 10.3. The molecular weight excluding hydrogens is 268 g/mol. The number of likely N-dealkylation sites (tertiary alicyclic amines) is 1. The van der Waals surface area contributed by atoms with Crippen LogP contribution in [0.2, 0.25) is 0 Å². The van der Waals surface area contributed by atoms with Gasteiger partial charge >= 0.3 is 0 Å². The summed E-state index contributed by atoms with van der Waals surface area (Å²) in [4.78, 5) is 31.2. The van der Waals surface area contributed by atoms with Gasteiger partial charge in [-0.15, -0.1) is 0 Å². The number of anilines is 1. The van der Waals surface area contributed by atoms with Crippen molar-refractivity contribution in [3.8, 4) is 0 Å². The van der Waals surface area contributed by atoms with Crippen molar-refractivity contribution < 1.29 is 9.59 Å². The van der Waals surface area contributed by atoms with Gasteiger partial charge in [0, 0.05) is 52.0 Å². The highest BCUT2D eigenvalue weighted by Crippen LogP contribution is 2.11. The van der Waals surface area contributed by atoms with Crippen molar-refractivity contribution in [2.24, 2.45) is 0 Å². The molecule has 6 heteroatoms. The van der Waals surface area contributed by atoms with Crippen molar-refractivity contribution in [3.05, 3.63) is 24.0 Å². The highest BCUT2D eigenvalue weighted by Gasteiger charge is 2.17. The van der Waals surface area contributed by atoms with Crippen molar-refractivity contribution in [3.63, 3.8) is 0 Å². The lowest BCUT2D eigenvalue weighted by Crippen LogP contribution is -2.29. The Morgan fingerprint density at radius 2 is 2.05 bits per heavy atom. The van der Waals surface area contributed by atoms with Crippen LogP contribution in [0.5, 0.6) is 0 Å². The van der Waals surface area contributed by atoms with Crippen LogP contribution in [-0.4, -0.2) is 60.3 Å². The van der Waals surface area contributed by atoms with Crippen molar-refractivity contribution in [2.45, 2.75) is 19.3 Å². The number of carbonyl (C=O) groups excluding carboxylic acids is 2. The van der Waals surface area contributed by atoms with Gasteiger partial charge in [0.15, 0.2) is 0 Å². The van der Waals surface area contributed by atoms with E-state index in [2.05, 4.69) is 10.3 Å². The Hall–Kier alpha value is -2.11. The number of carbonyl (C=O) groups is 2. The van der Waals surface area contributed by atoms with Gasteiger partial charge in [-0.05, 0) is 25.0 Å². The summed E-state index contributed by atoms with van der Waals surface area (Å²) in [6.45, 7) is 2.33. The Bertz CT molecular complexity index is 510. The standard InChI is InChI=1S/C15H22N4O2/c1-18(2)15(21)13-11-12(5-7-17-13)16-8-6-14(20)19-9-3-4-10-19/h5,7,11H,3-4,6,8-10H2,1-2H3,(H,16,17). The lowest BCUT2D eigenvalue weighted by molar-refractivity contribution is -0.129. The zero-order valence-corrected chi connectivity index (χ0v) is 12.6. The third-order valence-electron chi connectivity index (χ3n) is 3.51. The number of hydrogen-bond donors (Lipinski definition) is 1. The fraction of sp³-hybridized carbons (Fsp3) is 0.533. The van der Waals surface area contributed by atoms with E-state index in [1.165, 1.54) is 4.90 Å². The Balaban J connectivity index is 1.84. The summed E-state index contributed by atoms with van der Waals surface area (Å²) in [5.41, 5.74) is 1.21. The highest BCUT2D eigenvalue weighted by atomic mass is 16.2. The summed E-state index contributed by atoms with van der Waals surface area (Å²) in [6, 6.07) is 3.51. The van der Waals surface area contributed by atoms with Gasteiger partial charge in [0.25, 0.3) is 5.91 Å². The van der Waals surface area contributed by atoms with Gasteiger partial charge in [-0.2, -0.15) is 0 Å². The largest absolute Gasteiger partial charge is 0.384 e. The molecule has 1 aromatic rings. The van der Waals surface area contributed by atoms with E-state index < -0.39 is 0 Å². The third-order valence-corrected chi connectivity index (χ3v) is 3.51. The van der Waals surface area contributed by atoms with Crippen LogP contribution in [0.4, 0.5) is 5.69 Å². The van der Waals surface area contributed by atoms with Crippen LogP contribution >= 0.6 is 0 Å². The molecule has 2 heterocycles. The molecule has 0 atom stereocenters. The first-order valence-corrected chi connectivity index (χ1v) is 7.27. The lowest BCUT2D eigenvalue weighted by Gasteiger charge is -2.15. The molecule has 0 aliphatic carbocycles. The number of pyridine rings is 1. The van der Waals surface area contributed by atoms with Gasteiger partial charge in [0.05, 0.1) is 0 Å². The molecule has 1 aliphatic heterocycles. The second-order valence-electron chi connectivity index (χ2n) is 5.39. The zero-order chi connectivity index (χ0) is 15.2. The number of amides is 2. The number of hydrogen-bond acceptors (Lipinski definition) is 4. The first kappa shape index (κ1) is 15.3. The molecule has 0 radical (unpaired) electrons. The van der Waals surface area contributed by atoms with Gasteiger partial charge in [0.2, 0.25) is 5.91 Å². The van der Waals surface area contributed by atoms with Crippen molar-refractivity contribution in [1.29, 1.82) is 0 Å². The highest BCUT2D eigenvalue weighted by molar-refractivity contribution is 5.92. The minimum atomic E-state index is -0.133. The monoisotopic (exact) mass is 290 g/mol. The quantitative estimate of drug-likeness (QED) is 0.885. The molecule has 6 nitrogen and oxygen atoms in total. The van der Waals surface area contributed by atoms with Crippen molar-refractivity contribution in [1.82, 2.24) is 14.8 Å². The Kier molecular flexibility index (Phi) is 5.14. The molecular formula is C15H22N4O2. The summed E-state index contributed by atoms with van der Waals surface area (Å²) in [5, 5.41) is 3.17. The van der Waals surface area contributed by atoms with Gasteiger partial charge in [-0.25, -0.2) is 0 Å². The Morgan fingerprint density at radius 3 is 2.71 bits per heavy atom. The number of aromatic nitrogens is 1. The minimum Gasteiger partial charge on any atom is -0.384 e. The molecule has 1 aliphatic rings. The molecule has 21 heavy (non-hydrogen) atoms. The molecule has 1 fully saturated rings. The smallest absolute Gasteiger partial charge is 0.272 e. The van der Waals surface area contributed by atoms with Crippen LogP contribution in [0.1, 0.15) is 29.8 Å². The van der Waals surface area contributed by atoms with E-state index in [0.29, 0.717) is 18.7 Å². The maximum atomic E-state index is 11.9. The van der Waals surface area contributed by atoms with Crippen molar-refractivity contribution >= 4 is 17.5 Å². The number of rotatable bonds is 5. The van der Waals surface area contributed by atoms with Crippen LogP contribution in [0.3, 0.4) is 0 Å². The van der Waals surface area contributed by atoms with Crippen molar-refractivity contribution in [2.75, 3.05) is 39.0 Å². The van der Waals surface area contributed by atoms with E-state index >= 15 is 0 Å². The number of nitrogens with zero attached hydrogens (tertiary/aromatic N) is 3. The van der Waals surface area contributed by atoms with Crippen LogP contribution in [0, 0.1) is 0 Å². The third kappa shape index (κ3) is 4.18. The average molecular weight is 290 g/mol. The van der Waals surface area contributed by atoms with Crippen LogP contribution in [-0.2, 0) is 4.79 Å². The zero-order valence-electron chi connectivity index (χ0n) is 12.6. The Labute approximate surface area is 125 Å². The van der Waals surface area contributed by atoms with E-state index in [4.69, 9.17) is 0 Å². The molecule has 0 aromatic carbocycles. The molecule has 0 unspecified atom stereocenters. The predicted molar refractivity (Wildman–Crippen MR) is 81.2 cm³/mol. The summed E-state index contributed by atoms with van der Waals surface area (Å²) < 4.78 is 0. The predicted octanol–water partition coefficient (Wildman–Crippen LogP) is 1.21. The maximum Gasteiger partial charge on any atom is 0.272 e. The van der Waals surface area contributed by atoms with Crippen LogP contribution in [0.25, 0.3) is 0 Å².